The monoisotopic (exact) mass is 507 g/mol. The Bertz CT molecular complexity index is 1530. The minimum atomic E-state index is -4.40. The van der Waals surface area contributed by atoms with Crippen molar-refractivity contribution in [2.45, 2.75) is 39.7 Å². The second-order valence-electron chi connectivity index (χ2n) is 8.81. The Kier molecular flexibility index (Phi) is 6.24. The first kappa shape index (κ1) is 24.2. The van der Waals surface area contributed by atoms with Crippen LogP contribution < -0.4 is 11.1 Å². The molecule has 190 valence electrons. The number of aromatic nitrogens is 7. The number of nitrogen functional groups attached to an aromatic ring is 1. The molecule has 0 amide bonds. The lowest BCUT2D eigenvalue weighted by Gasteiger charge is -2.12. The van der Waals surface area contributed by atoms with Gasteiger partial charge in [-0.05, 0) is 42.2 Å². The molecule has 0 aliphatic heterocycles. The number of nitrogens with two attached hydrogens (primary N) is 1. The third-order valence-electron chi connectivity index (χ3n) is 6.04. The summed E-state index contributed by atoms with van der Waals surface area (Å²) in [6.45, 7) is 5.19. The van der Waals surface area contributed by atoms with Gasteiger partial charge in [-0.15, -0.1) is 0 Å². The molecule has 0 atom stereocenters. The molecule has 3 N–H and O–H groups in total. The van der Waals surface area contributed by atoms with E-state index in [0.29, 0.717) is 30.4 Å². The van der Waals surface area contributed by atoms with Crippen LogP contribution in [-0.2, 0) is 25.8 Å². The smallest absolute Gasteiger partial charge is 0.384 e. The molecule has 0 spiro atoms. The maximum atomic E-state index is 12.8. The van der Waals surface area contributed by atoms with Crippen LogP contribution in [0.1, 0.15) is 33.5 Å². The fourth-order valence-corrected chi connectivity index (χ4v) is 4.15. The van der Waals surface area contributed by atoms with Crippen molar-refractivity contribution in [1.29, 1.82) is 0 Å². The van der Waals surface area contributed by atoms with Crippen LogP contribution in [0.25, 0.3) is 11.0 Å². The fraction of sp³-hybridized carbons (Fsp3) is 0.240. The van der Waals surface area contributed by atoms with Crippen LogP contribution in [0.2, 0.25) is 0 Å². The van der Waals surface area contributed by atoms with E-state index in [1.165, 1.54) is 11.0 Å². The highest BCUT2D eigenvalue weighted by atomic mass is 19.4. The lowest BCUT2D eigenvalue weighted by atomic mass is 10.1. The number of nitrogens with zero attached hydrogens (tertiary/aromatic N) is 7. The molecule has 5 rings (SSSR count). The molecule has 0 saturated heterocycles. The van der Waals surface area contributed by atoms with Crippen LogP contribution in [-0.4, -0.2) is 34.5 Å². The predicted molar refractivity (Wildman–Crippen MR) is 133 cm³/mol. The highest BCUT2D eigenvalue weighted by Crippen LogP contribution is 2.28. The fourth-order valence-electron chi connectivity index (χ4n) is 4.15. The van der Waals surface area contributed by atoms with E-state index in [4.69, 9.17) is 5.73 Å². The van der Waals surface area contributed by atoms with Crippen molar-refractivity contribution < 1.29 is 13.2 Å². The van der Waals surface area contributed by atoms with Gasteiger partial charge in [-0.25, -0.2) is 15.0 Å². The van der Waals surface area contributed by atoms with Gasteiger partial charge in [-0.2, -0.15) is 23.4 Å². The van der Waals surface area contributed by atoms with Crippen LogP contribution in [0.15, 0.2) is 55.2 Å². The molecule has 0 bridgehead atoms. The highest BCUT2D eigenvalue weighted by Gasteiger charge is 2.32. The van der Waals surface area contributed by atoms with Gasteiger partial charge in [0, 0.05) is 24.6 Å². The maximum Gasteiger partial charge on any atom is 0.419 e. The summed E-state index contributed by atoms with van der Waals surface area (Å²) in [5.41, 5.74) is 10.4. The minimum absolute atomic E-state index is 0.245. The molecule has 0 aliphatic carbocycles. The van der Waals surface area contributed by atoms with Crippen LogP contribution in [0.3, 0.4) is 0 Å². The van der Waals surface area contributed by atoms with E-state index >= 15 is 0 Å². The Balaban J connectivity index is 1.28. The van der Waals surface area contributed by atoms with E-state index in [2.05, 4.69) is 30.5 Å². The van der Waals surface area contributed by atoms with Crippen LogP contribution in [0, 0.1) is 13.8 Å². The molecule has 37 heavy (non-hydrogen) atoms. The van der Waals surface area contributed by atoms with Gasteiger partial charge < -0.3 is 11.1 Å². The zero-order chi connectivity index (χ0) is 26.2. The summed E-state index contributed by atoms with van der Waals surface area (Å²) in [4.78, 5) is 13.0. The molecular weight excluding hydrogens is 483 g/mol. The number of aryl methyl sites for hydroxylation is 2. The third kappa shape index (κ3) is 5.37. The average molecular weight is 508 g/mol. The Labute approximate surface area is 210 Å². The summed E-state index contributed by atoms with van der Waals surface area (Å²) in [7, 11) is 0. The van der Waals surface area contributed by atoms with Gasteiger partial charge in [0.2, 0.25) is 0 Å². The average Bonchev–Trinajstić information content (AvgIpc) is 3.47. The van der Waals surface area contributed by atoms with Gasteiger partial charge in [-0.3, -0.25) is 9.36 Å². The lowest BCUT2D eigenvalue weighted by molar-refractivity contribution is -0.137. The maximum absolute atomic E-state index is 12.8. The summed E-state index contributed by atoms with van der Waals surface area (Å²) in [6, 6.07) is 9.41. The van der Waals surface area contributed by atoms with Crippen molar-refractivity contribution >= 4 is 22.7 Å². The number of halogens is 3. The molecule has 4 aromatic heterocycles. The Morgan fingerprint density at radius 3 is 2.32 bits per heavy atom. The Morgan fingerprint density at radius 2 is 1.68 bits per heavy atom. The van der Waals surface area contributed by atoms with Gasteiger partial charge >= 0.3 is 6.18 Å². The van der Waals surface area contributed by atoms with Crippen LogP contribution >= 0.6 is 0 Å². The molecule has 4 heterocycles. The van der Waals surface area contributed by atoms with Crippen molar-refractivity contribution in [3.63, 3.8) is 0 Å². The van der Waals surface area contributed by atoms with Gasteiger partial charge in [-0.1, -0.05) is 24.3 Å². The molecule has 9 nitrogen and oxygen atoms in total. The van der Waals surface area contributed by atoms with E-state index in [0.717, 1.165) is 45.7 Å². The van der Waals surface area contributed by atoms with Gasteiger partial charge in [0.25, 0.3) is 0 Å². The predicted octanol–water partition coefficient (Wildman–Crippen LogP) is 4.34. The summed E-state index contributed by atoms with van der Waals surface area (Å²) in [5, 5.41) is 12.5. The number of anilines is 2. The number of alkyl halides is 3. The molecule has 0 radical (unpaired) electrons. The van der Waals surface area contributed by atoms with E-state index in [9.17, 15) is 13.2 Å². The zero-order valence-corrected chi connectivity index (χ0v) is 20.2. The van der Waals surface area contributed by atoms with Crippen LogP contribution in [0.4, 0.5) is 24.8 Å². The summed E-state index contributed by atoms with van der Waals surface area (Å²) in [6.07, 6.45) is 0.784. The zero-order valence-electron chi connectivity index (χ0n) is 20.2. The van der Waals surface area contributed by atoms with Crippen molar-refractivity contribution in [1.82, 2.24) is 34.5 Å². The second-order valence-corrected chi connectivity index (χ2v) is 8.81. The molecule has 12 heteroatoms. The standard InChI is InChI=1S/C25H24F3N9/c1-15-7-22(29)34-16(2)20(15)9-30-23-21-13-37(35-24(21)32-14-31-23)11-18-5-3-17(4-6-18)10-36-12-19(8-33-36)25(26,27)28/h3-8,12-14H,9-11H2,1-2H3,(H2,29,34)(H,30,31,32,35). The summed E-state index contributed by atoms with van der Waals surface area (Å²) in [5.74, 6) is 1.16. The molecular formula is C25H24F3N9. The Morgan fingerprint density at radius 1 is 0.973 bits per heavy atom. The molecule has 0 aliphatic rings. The van der Waals surface area contributed by atoms with E-state index in [1.807, 2.05) is 50.4 Å². The number of benzene rings is 1. The molecule has 0 fully saturated rings. The van der Waals surface area contributed by atoms with Crippen molar-refractivity contribution in [2.24, 2.45) is 0 Å². The Hall–Kier alpha value is -4.48. The second kappa shape index (κ2) is 9.52. The largest absolute Gasteiger partial charge is 0.419 e. The number of pyridine rings is 1. The van der Waals surface area contributed by atoms with E-state index in [-0.39, 0.29) is 6.54 Å². The van der Waals surface area contributed by atoms with E-state index in [1.54, 1.807) is 4.68 Å². The SMILES string of the molecule is Cc1cc(N)nc(C)c1CNc1ncnc2nn(Cc3ccc(Cn4cc(C(F)(F)F)cn4)cc3)cc12. The quantitative estimate of drug-likeness (QED) is 0.337. The van der Waals surface area contributed by atoms with Crippen molar-refractivity contribution in [3.8, 4) is 0 Å². The number of hydrogen-bond donors (Lipinski definition) is 2. The summed E-state index contributed by atoms with van der Waals surface area (Å²) < 4.78 is 41.4. The molecule has 1 aromatic carbocycles. The molecule has 0 saturated carbocycles. The van der Waals surface area contributed by atoms with Gasteiger partial charge in [0.1, 0.15) is 18.0 Å². The highest BCUT2D eigenvalue weighted by molar-refractivity contribution is 5.85. The van der Waals surface area contributed by atoms with Gasteiger partial charge in [0.15, 0.2) is 5.65 Å². The van der Waals surface area contributed by atoms with E-state index < -0.39 is 11.7 Å². The number of hydrogen-bond acceptors (Lipinski definition) is 7. The number of fused-ring (bicyclic) bond motifs is 1. The third-order valence-corrected chi connectivity index (χ3v) is 6.04. The summed E-state index contributed by atoms with van der Waals surface area (Å²) >= 11 is 0. The molecule has 5 aromatic rings. The normalized spacial score (nSPS) is 11.8. The number of nitrogens with one attached hydrogen (secondary N) is 1. The first-order valence-electron chi connectivity index (χ1n) is 11.5. The lowest BCUT2D eigenvalue weighted by Crippen LogP contribution is -2.08. The van der Waals surface area contributed by atoms with Gasteiger partial charge in [0.05, 0.1) is 30.2 Å². The molecule has 0 unspecified atom stereocenters. The minimum Gasteiger partial charge on any atom is -0.384 e. The number of rotatable bonds is 7. The first-order chi connectivity index (χ1) is 17.7. The van der Waals surface area contributed by atoms with Crippen LogP contribution in [0.5, 0.6) is 0 Å². The first-order valence-corrected chi connectivity index (χ1v) is 11.5. The van der Waals surface area contributed by atoms with Crippen molar-refractivity contribution in [3.05, 3.63) is 88.8 Å². The topological polar surface area (TPSA) is 112 Å². The van der Waals surface area contributed by atoms with Crippen molar-refractivity contribution in [2.75, 3.05) is 11.1 Å².